The Labute approximate surface area is 260 Å². The van der Waals surface area contributed by atoms with Crippen LogP contribution in [0.1, 0.15) is 40.3 Å². The summed E-state index contributed by atoms with van der Waals surface area (Å²) in [6.45, 7) is 5.28. The molecule has 0 saturated carbocycles. The second-order valence-corrected chi connectivity index (χ2v) is 12.5. The van der Waals surface area contributed by atoms with Crippen molar-refractivity contribution in [3.05, 3.63) is 89.0 Å². The van der Waals surface area contributed by atoms with Crippen LogP contribution in [-0.2, 0) is 14.3 Å². The second-order valence-electron chi connectivity index (χ2n) is 11.4. The van der Waals surface area contributed by atoms with Crippen molar-refractivity contribution in [2.24, 2.45) is 0 Å². The number of thioether (sulfide) groups is 1. The Morgan fingerprint density at radius 3 is 2.68 bits per heavy atom. The molecule has 3 aliphatic rings. The summed E-state index contributed by atoms with van der Waals surface area (Å²) in [5, 5.41) is 7.96. The van der Waals surface area contributed by atoms with E-state index < -0.39 is 0 Å². The highest BCUT2D eigenvalue weighted by molar-refractivity contribution is 8.00. The van der Waals surface area contributed by atoms with Gasteiger partial charge in [-0.15, -0.1) is 11.8 Å². The van der Waals surface area contributed by atoms with Gasteiger partial charge in [-0.05, 0) is 56.0 Å². The molecule has 2 amide bonds. The van der Waals surface area contributed by atoms with E-state index in [1.807, 2.05) is 72.3 Å². The minimum atomic E-state index is -0.266. The normalized spacial score (nSPS) is 19.1. The lowest BCUT2D eigenvalue weighted by molar-refractivity contribution is -0.123. The first kappa shape index (κ1) is 28.5. The van der Waals surface area contributed by atoms with Gasteiger partial charge in [-0.3, -0.25) is 14.5 Å². The largest absolute Gasteiger partial charge is 0.454 e. The van der Waals surface area contributed by atoms with E-state index in [2.05, 4.69) is 18.3 Å². The molecular weight excluding hydrogens is 576 g/mol. The highest BCUT2D eigenvalue weighted by Crippen LogP contribution is 2.50. The van der Waals surface area contributed by atoms with Gasteiger partial charge in [-0.1, -0.05) is 54.1 Å². The summed E-state index contributed by atoms with van der Waals surface area (Å²) in [5.41, 5.74) is 6.52. The summed E-state index contributed by atoms with van der Waals surface area (Å²) in [6, 6.07) is 22.1. The number of rotatable bonds is 7. The van der Waals surface area contributed by atoms with Gasteiger partial charge >= 0.3 is 0 Å². The maximum absolute atomic E-state index is 14.0. The van der Waals surface area contributed by atoms with Gasteiger partial charge < -0.3 is 19.5 Å². The molecular formula is C34H34N4O5S. The lowest BCUT2D eigenvalue weighted by Gasteiger charge is -2.24. The van der Waals surface area contributed by atoms with E-state index in [1.54, 1.807) is 4.90 Å². The van der Waals surface area contributed by atoms with Crippen molar-refractivity contribution in [3.63, 3.8) is 0 Å². The quantitative estimate of drug-likeness (QED) is 0.302. The number of anilines is 1. The van der Waals surface area contributed by atoms with Crippen LogP contribution in [0.25, 0.3) is 16.9 Å². The number of hydrogen-bond acceptors (Lipinski definition) is 7. The van der Waals surface area contributed by atoms with Crippen LogP contribution >= 0.6 is 11.8 Å². The number of nitrogens with zero attached hydrogens (tertiary/aromatic N) is 3. The Bertz CT molecular complexity index is 1720. The molecule has 3 aliphatic heterocycles. The van der Waals surface area contributed by atoms with E-state index >= 15 is 0 Å². The summed E-state index contributed by atoms with van der Waals surface area (Å²) < 4.78 is 18.9. The molecule has 0 radical (unpaired) electrons. The Morgan fingerprint density at radius 2 is 1.89 bits per heavy atom. The summed E-state index contributed by atoms with van der Waals surface area (Å²) >= 11 is 1.53. The van der Waals surface area contributed by atoms with E-state index in [0.717, 1.165) is 52.0 Å². The summed E-state index contributed by atoms with van der Waals surface area (Å²) in [4.78, 5) is 29.1. The average Bonchev–Trinajstić information content (AvgIpc) is 3.78. The second kappa shape index (κ2) is 12.0. The van der Waals surface area contributed by atoms with Crippen LogP contribution in [0.4, 0.5) is 5.82 Å². The average molecular weight is 611 g/mol. The van der Waals surface area contributed by atoms with Crippen LogP contribution in [0.5, 0.6) is 11.5 Å². The van der Waals surface area contributed by atoms with Crippen molar-refractivity contribution in [2.45, 2.75) is 38.0 Å². The standard InChI is InChI=1S/C34H34N4O5S/c1-21-10-12-26(22(2)15-21)38-34-31(32(36-38)23-7-4-3-5-8-23)33(24-11-13-27-28(16-24)43-20-42-27)44-19-30(40)37(34)18-29(39)35-17-25-9-6-14-41-25/h3-5,7-8,10-13,15-16,25,33H,6,9,14,17-20H2,1-2H3,(H,35,39)/t25-,33-/m1/s1. The van der Waals surface area contributed by atoms with Gasteiger partial charge in [-0.2, -0.15) is 5.10 Å². The molecule has 1 fully saturated rings. The Hall–Kier alpha value is -4.28. The van der Waals surface area contributed by atoms with Crippen LogP contribution in [0.2, 0.25) is 0 Å². The maximum Gasteiger partial charge on any atom is 0.240 e. The molecule has 1 saturated heterocycles. The van der Waals surface area contributed by atoms with E-state index in [0.29, 0.717) is 30.5 Å². The Balaban J connectivity index is 1.40. The van der Waals surface area contributed by atoms with Crippen LogP contribution in [0.15, 0.2) is 66.7 Å². The van der Waals surface area contributed by atoms with Gasteiger partial charge in [0.2, 0.25) is 18.6 Å². The minimum Gasteiger partial charge on any atom is -0.454 e. The number of nitrogens with one attached hydrogen (secondary N) is 1. The SMILES string of the molecule is Cc1ccc(-n2nc(-c3ccccc3)c3c2N(CC(=O)NC[C@H]2CCCO2)C(=O)CS[C@@H]3c2ccc3c(c2)OCO3)c(C)c1. The van der Waals surface area contributed by atoms with Gasteiger partial charge in [0.15, 0.2) is 11.5 Å². The Morgan fingerprint density at radius 1 is 1.05 bits per heavy atom. The zero-order chi connectivity index (χ0) is 30.2. The molecule has 7 rings (SSSR count). The zero-order valence-corrected chi connectivity index (χ0v) is 25.6. The van der Waals surface area contributed by atoms with Crippen molar-refractivity contribution in [2.75, 3.05) is 37.1 Å². The van der Waals surface area contributed by atoms with E-state index in [-0.39, 0.29) is 42.3 Å². The number of fused-ring (bicyclic) bond motifs is 2. The number of ether oxygens (including phenoxy) is 3. The number of aromatic nitrogens is 2. The zero-order valence-electron chi connectivity index (χ0n) is 24.7. The first-order chi connectivity index (χ1) is 21.5. The van der Waals surface area contributed by atoms with Crippen molar-refractivity contribution < 1.29 is 23.8 Å². The van der Waals surface area contributed by atoms with E-state index in [4.69, 9.17) is 19.3 Å². The van der Waals surface area contributed by atoms with Crippen molar-refractivity contribution in [1.29, 1.82) is 0 Å². The van der Waals surface area contributed by atoms with Crippen molar-refractivity contribution >= 4 is 29.4 Å². The topological polar surface area (TPSA) is 94.9 Å². The molecule has 10 heteroatoms. The van der Waals surface area contributed by atoms with Gasteiger partial charge in [0.1, 0.15) is 12.4 Å². The monoisotopic (exact) mass is 610 g/mol. The number of amides is 2. The minimum absolute atomic E-state index is 0.00529. The predicted molar refractivity (Wildman–Crippen MR) is 170 cm³/mol. The number of hydrogen-bond donors (Lipinski definition) is 1. The van der Waals surface area contributed by atoms with Gasteiger partial charge in [0.25, 0.3) is 0 Å². The van der Waals surface area contributed by atoms with Gasteiger partial charge in [-0.25, -0.2) is 4.68 Å². The van der Waals surface area contributed by atoms with Gasteiger partial charge in [0.05, 0.1) is 28.5 Å². The lowest BCUT2D eigenvalue weighted by Crippen LogP contribution is -2.44. The molecule has 0 bridgehead atoms. The molecule has 0 aliphatic carbocycles. The number of benzene rings is 3. The fourth-order valence-electron chi connectivity index (χ4n) is 6.11. The van der Waals surface area contributed by atoms with Crippen molar-refractivity contribution in [3.8, 4) is 28.4 Å². The molecule has 1 N–H and O–H groups in total. The summed E-state index contributed by atoms with van der Waals surface area (Å²) in [5.74, 6) is 1.77. The molecule has 0 unspecified atom stereocenters. The fourth-order valence-corrected chi connectivity index (χ4v) is 7.30. The number of carbonyl (C=O) groups excluding carboxylic acids is 2. The third-order valence-corrected chi connectivity index (χ3v) is 9.52. The highest BCUT2D eigenvalue weighted by Gasteiger charge is 2.38. The number of aryl methyl sites for hydroxylation is 2. The molecule has 4 aromatic rings. The van der Waals surface area contributed by atoms with Gasteiger partial charge in [0, 0.05) is 24.3 Å². The molecule has 9 nitrogen and oxygen atoms in total. The first-order valence-electron chi connectivity index (χ1n) is 14.9. The third kappa shape index (κ3) is 5.44. The molecule has 226 valence electrons. The molecule has 2 atom stereocenters. The van der Waals surface area contributed by atoms with Crippen LogP contribution in [-0.4, -0.2) is 59.9 Å². The van der Waals surface area contributed by atoms with E-state index in [1.165, 1.54) is 11.8 Å². The summed E-state index contributed by atoms with van der Waals surface area (Å²) in [6.07, 6.45) is 1.91. The first-order valence-corrected chi connectivity index (χ1v) is 16.0. The number of carbonyl (C=O) groups is 2. The third-order valence-electron chi connectivity index (χ3n) is 8.27. The van der Waals surface area contributed by atoms with Crippen molar-refractivity contribution in [1.82, 2.24) is 15.1 Å². The van der Waals surface area contributed by atoms with Crippen LogP contribution < -0.4 is 19.7 Å². The lowest BCUT2D eigenvalue weighted by atomic mass is 9.99. The fraction of sp³-hybridized carbons (Fsp3) is 0.324. The van der Waals surface area contributed by atoms with E-state index in [9.17, 15) is 9.59 Å². The molecule has 3 aromatic carbocycles. The predicted octanol–water partition coefficient (Wildman–Crippen LogP) is 5.35. The highest BCUT2D eigenvalue weighted by atomic mass is 32.2. The van der Waals surface area contributed by atoms with Crippen LogP contribution in [0, 0.1) is 13.8 Å². The molecule has 44 heavy (non-hydrogen) atoms. The molecule has 1 aromatic heterocycles. The smallest absolute Gasteiger partial charge is 0.240 e. The molecule has 4 heterocycles. The maximum atomic E-state index is 14.0. The Kier molecular flexibility index (Phi) is 7.78. The summed E-state index contributed by atoms with van der Waals surface area (Å²) in [7, 11) is 0. The molecule has 0 spiro atoms. The van der Waals surface area contributed by atoms with Crippen LogP contribution in [0.3, 0.4) is 0 Å².